The molecule has 0 spiro atoms. The molecule has 0 aromatic heterocycles. The van der Waals surface area contributed by atoms with Gasteiger partial charge in [-0.1, -0.05) is 36.4 Å². The first-order chi connectivity index (χ1) is 8.70. The molecule has 0 heterocycles. The van der Waals surface area contributed by atoms with E-state index in [2.05, 4.69) is 6.58 Å². The van der Waals surface area contributed by atoms with Crippen molar-refractivity contribution in [2.45, 2.75) is 6.04 Å². The second-order valence-corrected chi connectivity index (χ2v) is 3.95. The maximum Gasteiger partial charge on any atom is 0.244 e. The molecule has 18 heavy (non-hydrogen) atoms. The van der Waals surface area contributed by atoms with Crippen LogP contribution in [0.3, 0.4) is 0 Å². The third kappa shape index (κ3) is 3.98. The number of nitrogens with zero attached hydrogens (tertiary/aromatic N) is 1. The Labute approximate surface area is 108 Å². The van der Waals surface area contributed by atoms with Gasteiger partial charge in [-0.3, -0.25) is 4.79 Å². The van der Waals surface area contributed by atoms with Gasteiger partial charge < -0.3 is 15.4 Å². The highest BCUT2D eigenvalue weighted by Crippen LogP contribution is 2.12. The molecule has 4 heteroatoms. The summed E-state index contributed by atoms with van der Waals surface area (Å²) in [4.78, 5) is 13.9. The molecule has 1 amide bonds. The third-order valence-electron chi connectivity index (χ3n) is 2.65. The lowest BCUT2D eigenvalue weighted by molar-refractivity contribution is -0.132. The zero-order valence-corrected chi connectivity index (χ0v) is 10.7. The number of hydrogen-bond donors (Lipinski definition) is 1. The van der Waals surface area contributed by atoms with Gasteiger partial charge in [0.25, 0.3) is 0 Å². The van der Waals surface area contributed by atoms with Crippen LogP contribution >= 0.6 is 0 Å². The molecule has 0 aliphatic rings. The van der Waals surface area contributed by atoms with Crippen molar-refractivity contribution < 1.29 is 9.53 Å². The van der Waals surface area contributed by atoms with Crippen LogP contribution in [-0.4, -0.2) is 37.6 Å². The van der Waals surface area contributed by atoms with Crippen molar-refractivity contribution >= 4 is 5.91 Å². The minimum absolute atomic E-state index is 0.113. The van der Waals surface area contributed by atoms with Gasteiger partial charge in [0.2, 0.25) is 5.91 Å². The van der Waals surface area contributed by atoms with Crippen LogP contribution < -0.4 is 5.73 Å². The van der Waals surface area contributed by atoms with E-state index in [0.29, 0.717) is 19.7 Å². The number of amides is 1. The zero-order valence-electron chi connectivity index (χ0n) is 10.7. The van der Waals surface area contributed by atoms with Crippen molar-refractivity contribution in [2.75, 3.05) is 26.8 Å². The normalized spacial score (nSPS) is 11.9. The summed E-state index contributed by atoms with van der Waals surface area (Å²) >= 11 is 0. The van der Waals surface area contributed by atoms with Gasteiger partial charge in [0.15, 0.2) is 0 Å². The van der Waals surface area contributed by atoms with E-state index in [0.717, 1.165) is 5.56 Å². The Balaban J connectivity index is 2.72. The van der Waals surface area contributed by atoms with Gasteiger partial charge in [0.1, 0.15) is 6.04 Å². The Kier molecular flexibility index (Phi) is 6.11. The molecule has 1 aromatic carbocycles. The highest BCUT2D eigenvalue weighted by Gasteiger charge is 2.21. The first-order valence-electron chi connectivity index (χ1n) is 5.89. The van der Waals surface area contributed by atoms with E-state index in [9.17, 15) is 4.79 Å². The van der Waals surface area contributed by atoms with E-state index in [4.69, 9.17) is 10.5 Å². The van der Waals surface area contributed by atoms with Crippen molar-refractivity contribution in [3.05, 3.63) is 48.6 Å². The molecule has 2 N–H and O–H groups in total. The summed E-state index contributed by atoms with van der Waals surface area (Å²) in [5.74, 6) is -0.113. The standard InChI is InChI=1S/C14H20N2O2/c1-3-9-16(10-11-18-2)14(17)13(15)12-7-5-4-6-8-12/h3-8,13H,1,9-11,15H2,2H3/t13-/m1/s1. The molecule has 0 saturated heterocycles. The molecule has 0 aliphatic carbocycles. The summed E-state index contributed by atoms with van der Waals surface area (Å²) < 4.78 is 4.99. The van der Waals surface area contributed by atoms with E-state index in [-0.39, 0.29) is 5.91 Å². The molecule has 0 bridgehead atoms. The molecule has 1 aromatic rings. The van der Waals surface area contributed by atoms with Crippen molar-refractivity contribution in [1.82, 2.24) is 4.90 Å². The van der Waals surface area contributed by atoms with Crippen LogP contribution in [0, 0.1) is 0 Å². The first kappa shape index (κ1) is 14.4. The largest absolute Gasteiger partial charge is 0.383 e. The fourth-order valence-electron chi connectivity index (χ4n) is 1.65. The van der Waals surface area contributed by atoms with E-state index in [1.165, 1.54) is 0 Å². The number of hydrogen-bond acceptors (Lipinski definition) is 3. The molecule has 0 fully saturated rings. The maximum absolute atomic E-state index is 12.2. The van der Waals surface area contributed by atoms with E-state index in [1.54, 1.807) is 18.1 Å². The highest BCUT2D eigenvalue weighted by atomic mass is 16.5. The molecular weight excluding hydrogens is 228 g/mol. The van der Waals surface area contributed by atoms with E-state index < -0.39 is 6.04 Å². The van der Waals surface area contributed by atoms with Gasteiger partial charge >= 0.3 is 0 Å². The van der Waals surface area contributed by atoms with Crippen LogP contribution in [0.4, 0.5) is 0 Å². The fraction of sp³-hybridized carbons (Fsp3) is 0.357. The highest BCUT2D eigenvalue weighted by molar-refractivity contribution is 5.83. The van der Waals surface area contributed by atoms with Crippen LogP contribution in [-0.2, 0) is 9.53 Å². The maximum atomic E-state index is 12.2. The molecule has 0 aliphatic heterocycles. The second-order valence-electron chi connectivity index (χ2n) is 3.95. The average molecular weight is 248 g/mol. The van der Waals surface area contributed by atoms with Crippen LogP contribution in [0.25, 0.3) is 0 Å². The van der Waals surface area contributed by atoms with E-state index >= 15 is 0 Å². The van der Waals surface area contributed by atoms with Crippen molar-refractivity contribution in [3.63, 3.8) is 0 Å². The van der Waals surface area contributed by atoms with Crippen LogP contribution in [0.15, 0.2) is 43.0 Å². The average Bonchev–Trinajstić information content (AvgIpc) is 2.43. The smallest absolute Gasteiger partial charge is 0.244 e. The minimum atomic E-state index is -0.636. The lowest BCUT2D eigenvalue weighted by Gasteiger charge is -2.24. The summed E-state index contributed by atoms with van der Waals surface area (Å²) in [6, 6.07) is 8.71. The molecule has 4 nitrogen and oxygen atoms in total. The summed E-state index contributed by atoms with van der Waals surface area (Å²) in [6.45, 7) is 5.13. The number of rotatable bonds is 7. The molecular formula is C14H20N2O2. The molecule has 0 unspecified atom stereocenters. The van der Waals surface area contributed by atoms with Crippen LogP contribution in [0.2, 0.25) is 0 Å². The van der Waals surface area contributed by atoms with Gasteiger partial charge in [-0.05, 0) is 5.56 Å². The predicted molar refractivity (Wildman–Crippen MR) is 72.0 cm³/mol. The molecule has 0 saturated carbocycles. The number of carbonyl (C=O) groups excluding carboxylic acids is 1. The molecule has 0 radical (unpaired) electrons. The topological polar surface area (TPSA) is 55.6 Å². The molecule has 1 rings (SSSR count). The fourth-order valence-corrected chi connectivity index (χ4v) is 1.65. The SMILES string of the molecule is C=CCN(CCOC)C(=O)[C@H](N)c1ccccc1. The van der Waals surface area contributed by atoms with Crippen molar-refractivity contribution in [2.24, 2.45) is 5.73 Å². The number of nitrogens with two attached hydrogens (primary N) is 1. The number of ether oxygens (including phenoxy) is 1. The number of benzene rings is 1. The lowest BCUT2D eigenvalue weighted by atomic mass is 10.1. The molecule has 98 valence electrons. The summed E-state index contributed by atoms with van der Waals surface area (Å²) in [5, 5.41) is 0. The van der Waals surface area contributed by atoms with Gasteiger partial charge in [-0.2, -0.15) is 0 Å². The number of methoxy groups -OCH3 is 1. The summed E-state index contributed by atoms with van der Waals surface area (Å²) in [5.41, 5.74) is 6.79. The van der Waals surface area contributed by atoms with Gasteiger partial charge in [0.05, 0.1) is 6.61 Å². The third-order valence-corrected chi connectivity index (χ3v) is 2.65. The van der Waals surface area contributed by atoms with E-state index in [1.807, 2.05) is 30.3 Å². The quantitative estimate of drug-likeness (QED) is 0.741. The number of carbonyl (C=O) groups is 1. The summed E-state index contributed by atoms with van der Waals surface area (Å²) in [6.07, 6.45) is 1.69. The lowest BCUT2D eigenvalue weighted by Crippen LogP contribution is -2.40. The Hall–Kier alpha value is -1.65. The van der Waals surface area contributed by atoms with Crippen molar-refractivity contribution in [3.8, 4) is 0 Å². The molecule has 1 atom stereocenters. The second kappa shape index (κ2) is 7.63. The van der Waals surface area contributed by atoms with Crippen LogP contribution in [0.1, 0.15) is 11.6 Å². The minimum Gasteiger partial charge on any atom is -0.383 e. The predicted octanol–water partition coefficient (Wildman–Crippen LogP) is 1.35. The zero-order chi connectivity index (χ0) is 13.4. The van der Waals surface area contributed by atoms with Crippen LogP contribution in [0.5, 0.6) is 0 Å². The van der Waals surface area contributed by atoms with Crippen molar-refractivity contribution in [1.29, 1.82) is 0 Å². The first-order valence-corrected chi connectivity index (χ1v) is 5.89. The monoisotopic (exact) mass is 248 g/mol. The Morgan fingerprint density at radius 3 is 2.72 bits per heavy atom. The van der Waals surface area contributed by atoms with Gasteiger partial charge in [-0.15, -0.1) is 6.58 Å². The van der Waals surface area contributed by atoms with Gasteiger partial charge in [-0.25, -0.2) is 0 Å². The Morgan fingerprint density at radius 1 is 1.50 bits per heavy atom. The summed E-state index contributed by atoms with van der Waals surface area (Å²) in [7, 11) is 1.60. The van der Waals surface area contributed by atoms with Gasteiger partial charge in [0, 0.05) is 20.2 Å². The Morgan fingerprint density at radius 2 is 2.17 bits per heavy atom. The Bertz CT molecular complexity index is 379.